The number of piperazine rings is 1. The molecule has 6 rings (SSSR count). The molecule has 0 radical (unpaired) electrons. The summed E-state index contributed by atoms with van der Waals surface area (Å²) in [5, 5.41) is 19.7. The van der Waals surface area contributed by atoms with Crippen LogP contribution >= 0.6 is 23.2 Å². The zero-order valence-corrected chi connectivity index (χ0v) is 28.0. The minimum atomic E-state index is -0.248. The van der Waals surface area contributed by atoms with E-state index >= 15 is 0 Å². The molecule has 0 spiro atoms. The second kappa shape index (κ2) is 16.4. The Morgan fingerprint density at radius 3 is 2.35 bits per heavy atom. The summed E-state index contributed by atoms with van der Waals surface area (Å²) in [6.45, 7) is 4.36. The van der Waals surface area contributed by atoms with Gasteiger partial charge in [0.05, 0.1) is 19.3 Å². The predicted octanol–water partition coefficient (Wildman–Crippen LogP) is 6.17. The SMILES string of the molecule is O=C(CN1CCN(Cc2nc(-c3ccc(COc4ccc(Cl)cc4)cc3)no2)CC1)NN=Cc1cc(OCc2cccc(Cl)c2)ccc1O. The molecule has 4 aromatic carbocycles. The number of benzene rings is 4. The van der Waals surface area contributed by atoms with Crippen LogP contribution in [0.1, 0.15) is 22.6 Å². The molecule has 0 atom stereocenters. The number of halogens is 2. The number of amides is 1. The molecule has 1 aliphatic rings. The van der Waals surface area contributed by atoms with Crippen molar-refractivity contribution < 1.29 is 23.9 Å². The van der Waals surface area contributed by atoms with Gasteiger partial charge in [-0.3, -0.25) is 14.6 Å². The van der Waals surface area contributed by atoms with Crippen molar-refractivity contribution in [1.82, 2.24) is 25.4 Å². The van der Waals surface area contributed by atoms with Gasteiger partial charge in [-0.25, -0.2) is 5.43 Å². The molecular formula is C36H34Cl2N6O5. The molecule has 0 aliphatic carbocycles. The van der Waals surface area contributed by atoms with E-state index in [9.17, 15) is 9.90 Å². The Morgan fingerprint density at radius 1 is 0.857 bits per heavy atom. The number of carbonyl (C=O) groups excluding carboxylic acids is 1. The summed E-state index contributed by atoms with van der Waals surface area (Å²) in [7, 11) is 0. The molecule has 1 aliphatic heterocycles. The van der Waals surface area contributed by atoms with Gasteiger partial charge in [0.25, 0.3) is 5.91 Å². The zero-order valence-electron chi connectivity index (χ0n) is 26.5. The van der Waals surface area contributed by atoms with E-state index in [-0.39, 0.29) is 18.2 Å². The lowest BCUT2D eigenvalue weighted by atomic mass is 10.1. The van der Waals surface area contributed by atoms with Crippen molar-refractivity contribution in [1.29, 1.82) is 0 Å². The number of carbonyl (C=O) groups is 1. The maximum atomic E-state index is 12.6. The summed E-state index contributed by atoms with van der Waals surface area (Å²) in [6, 6.07) is 27.3. The van der Waals surface area contributed by atoms with E-state index in [1.165, 1.54) is 12.3 Å². The zero-order chi connectivity index (χ0) is 34.0. The number of hydrogen-bond donors (Lipinski definition) is 2. The van der Waals surface area contributed by atoms with Gasteiger partial charge in [0.2, 0.25) is 11.7 Å². The monoisotopic (exact) mass is 700 g/mol. The summed E-state index contributed by atoms with van der Waals surface area (Å²) < 4.78 is 17.2. The summed E-state index contributed by atoms with van der Waals surface area (Å²) in [5.41, 5.74) is 5.75. The third kappa shape index (κ3) is 10.0. The van der Waals surface area contributed by atoms with Gasteiger partial charge in [-0.15, -0.1) is 0 Å². The van der Waals surface area contributed by atoms with Crippen LogP contribution in [0.3, 0.4) is 0 Å². The van der Waals surface area contributed by atoms with Gasteiger partial charge in [-0.05, 0) is 65.7 Å². The fourth-order valence-corrected chi connectivity index (χ4v) is 5.45. The number of aromatic nitrogens is 2. The van der Waals surface area contributed by atoms with Crippen LogP contribution in [0.25, 0.3) is 11.4 Å². The Hall–Kier alpha value is -4.94. The van der Waals surface area contributed by atoms with E-state index in [2.05, 4.69) is 30.5 Å². The van der Waals surface area contributed by atoms with Crippen LogP contribution in [0.15, 0.2) is 101 Å². The average Bonchev–Trinajstić information content (AvgIpc) is 3.58. The maximum Gasteiger partial charge on any atom is 0.254 e. The normalized spacial score (nSPS) is 13.8. The smallest absolute Gasteiger partial charge is 0.254 e. The molecule has 1 fully saturated rings. The molecule has 0 saturated carbocycles. The van der Waals surface area contributed by atoms with E-state index in [0.29, 0.717) is 65.9 Å². The van der Waals surface area contributed by atoms with E-state index in [1.54, 1.807) is 30.3 Å². The minimum absolute atomic E-state index is 0.0202. The highest BCUT2D eigenvalue weighted by molar-refractivity contribution is 6.30. The molecule has 252 valence electrons. The van der Waals surface area contributed by atoms with Crippen molar-refractivity contribution in [2.75, 3.05) is 32.7 Å². The highest BCUT2D eigenvalue weighted by Crippen LogP contribution is 2.23. The third-order valence-electron chi connectivity index (χ3n) is 7.78. The van der Waals surface area contributed by atoms with E-state index in [0.717, 1.165) is 35.5 Å². The van der Waals surface area contributed by atoms with Gasteiger partial charge in [0, 0.05) is 47.4 Å². The number of nitrogens with zero attached hydrogens (tertiary/aromatic N) is 5. The van der Waals surface area contributed by atoms with E-state index in [1.807, 2.05) is 54.6 Å². The molecule has 0 bridgehead atoms. The molecular weight excluding hydrogens is 667 g/mol. The number of phenols is 1. The molecule has 2 heterocycles. The fourth-order valence-electron chi connectivity index (χ4n) is 5.11. The van der Waals surface area contributed by atoms with Gasteiger partial charge in [0.15, 0.2) is 0 Å². The number of hydrazone groups is 1. The molecule has 5 aromatic rings. The first kappa shape index (κ1) is 33.9. The van der Waals surface area contributed by atoms with Crippen LogP contribution < -0.4 is 14.9 Å². The minimum Gasteiger partial charge on any atom is -0.507 e. The van der Waals surface area contributed by atoms with Gasteiger partial charge < -0.3 is 19.1 Å². The molecule has 2 N–H and O–H groups in total. The number of hydrogen-bond acceptors (Lipinski definition) is 10. The molecule has 1 aromatic heterocycles. The predicted molar refractivity (Wildman–Crippen MR) is 187 cm³/mol. The summed E-state index contributed by atoms with van der Waals surface area (Å²) in [6.07, 6.45) is 1.39. The topological polar surface area (TPSA) is 126 Å². The lowest BCUT2D eigenvalue weighted by molar-refractivity contribution is -0.122. The van der Waals surface area contributed by atoms with E-state index in [4.69, 9.17) is 37.2 Å². The lowest BCUT2D eigenvalue weighted by Crippen LogP contribution is -2.48. The van der Waals surface area contributed by atoms with Gasteiger partial charge in [-0.2, -0.15) is 10.1 Å². The van der Waals surface area contributed by atoms with E-state index < -0.39 is 0 Å². The fraction of sp³-hybridized carbons (Fsp3) is 0.222. The van der Waals surface area contributed by atoms with Gasteiger partial charge in [0.1, 0.15) is 30.5 Å². The first-order chi connectivity index (χ1) is 23.9. The number of ether oxygens (including phenoxy) is 2. The quantitative estimate of drug-likeness (QED) is 0.109. The van der Waals surface area contributed by atoms with Gasteiger partial charge >= 0.3 is 0 Å². The van der Waals surface area contributed by atoms with Crippen molar-refractivity contribution in [2.24, 2.45) is 5.10 Å². The summed E-state index contributed by atoms with van der Waals surface area (Å²) in [5.74, 6) is 2.14. The van der Waals surface area contributed by atoms with Crippen LogP contribution in [0.5, 0.6) is 17.2 Å². The summed E-state index contributed by atoms with van der Waals surface area (Å²) >= 11 is 12.0. The Bertz CT molecular complexity index is 1880. The molecule has 1 saturated heterocycles. The Balaban J connectivity index is 0.908. The number of rotatable bonds is 13. The Labute approximate surface area is 293 Å². The van der Waals surface area contributed by atoms with Crippen LogP contribution in [-0.4, -0.2) is 69.9 Å². The van der Waals surface area contributed by atoms with Crippen molar-refractivity contribution in [3.05, 3.63) is 124 Å². The molecule has 1 amide bonds. The number of nitrogens with one attached hydrogen (secondary N) is 1. The molecule has 49 heavy (non-hydrogen) atoms. The van der Waals surface area contributed by atoms with Crippen molar-refractivity contribution in [2.45, 2.75) is 19.8 Å². The van der Waals surface area contributed by atoms with Gasteiger partial charge in [-0.1, -0.05) is 64.8 Å². The highest BCUT2D eigenvalue weighted by Gasteiger charge is 2.21. The largest absolute Gasteiger partial charge is 0.507 e. The number of aromatic hydroxyl groups is 1. The molecule has 11 nitrogen and oxygen atoms in total. The maximum absolute atomic E-state index is 12.6. The highest BCUT2D eigenvalue weighted by atomic mass is 35.5. The first-order valence-corrected chi connectivity index (χ1v) is 16.4. The second-order valence-electron chi connectivity index (χ2n) is 11.4. The summed E-state index contributed by atoms with van der Waals surface area (Å²) in [4.78, 5) is 21.4. The third-order valence-corrected chi connectivity index (χ3v) is 8.26. The van der Waals surface area contributed by atoms with Crippen LogP contribution in [-0.2, 0) is 24.6 Å². The van der Waals surface area contributed by atoms with Crippen LogP contribution in [0.4, 0.5) is 0 Å². The van der Waals surface area contributed by atoms with Crippen LogP contribution in [0.2, 0.25) is 10.0 Å². The lowest BCUT2D eigenvalue weighted by Gasteiger charge is -2.33. The standard InChI is InChI=1S/C36H34Cl2N6O5/c37-29-8-10-31(11-9-29)47-23-25-4-6-27(7-5-25)36-40-35(49-42-36)22-44-16-14-43(15-17-44)21-34(46)41-39-20-28-19-32(12-13-33(28)45)48-24-26-2-1-3-30(38)18-26/h1-13,18-20,45H,14-17,21-24H2,(H,41,46). The second-order valence-corrected chi connectivity index (χ2v) is 12.3. The Kier molecular flexibility index (Phi) is 11.4. The van der Waals surface area contributed by atoms with Crippen LogP contribution in [0, 0.1) is 0 Å². The van der Waals surface area contributed by atoms with Crippen molar-refractivity contribution >= 4 is 35.3 Å². The first-order valence-electron chi connectivity index (χ1n) is 15.6. The molecule has 13 heteroatoms. The van der Waals surface area contributed by atoms with Crippen molar-refractivity contribution in [3.63, 3.8) is 0 Å². The Morgan fingerprint density at radius 2 is 1.57 bits per heavy atom. The molecule has 0 unspecified atom stereocenters. The van der Waals surface area contributed by atoms with Crippen molar-refractivity contribution in [3.8, 4) is 28.6 Å². The average molecular weight is 702 g/mol. The number of phenolic OH excluding ortho intramolecular Hbond substituents is 1.